The highest BCUT2D eigenvalue weighted by Gasteiger charge is 2.21. The van der Waals surface area contributed by atoms with E-state index in [1.54, 1.807) is 0 Å². The average molecular weight is 328 g/mol. The molecule has 3 rings (SSSR count). The van der Waals surface area contributed by atoms with E-state index in [0.717, 1.165) is 49.4 Å². The van der Waals surface area contributed by atoms with Crippen molar-refractivity contribution < 1.29 is 9.32 Å². The van der Waals surface area contributed by atoms with Crippen LogP contribution in [0.15, 0.2) is 28.8 Å². The molecule has 1 atom stereocenters. The smallest absolute Gasteiger partial charge is 0.248 e. The van der Waals surface area contributed by atoms with E-state index in [4.69, 9.17) is 4.52 Å². The van der Waals surface area contributed by atoms with Crippen molar-refractivity contribution in [1.29, 1.82) is 0 Å². The average Bonchev–Trinajstić information content (AvgIpc) is 3.23. The Labute approximate surface area is 142 Å². The molecule has 2 heterocycles. The quantitative estimate of drug-likeness (QED) is 0.839. The standard InChI is InChI=1S/C18H24N4O2/c1-3-4-6-16-20-18(24-21-16)13(2)19-14-8-10-15(11-9-14)22-12-5-7-17(22)23/h8-11,13,19H,3-7,12H2,1-2H3/t13-/m0/s1. The molecule has 1 aromatic heterocycles. The van der Waals surface area contributed by atoms with Gasteiger partial charge in [-0.15, -0.1) is 0 Å². The Morgan fingerprint density at radius 1 is 1.33 bits per heavy atom. The molecule has 2 aromatic rings. The summed E-state index contributed by atoms with van der Waals surface area (Å²) >= 11 is 0. The van der Waals surface area contributed by atoms with Gasteiger partial charge in [0.1, 0.15) is 6.04 Å². The molecule has 0 radical (unpaired) electrons. The van der Waals surface area contributed by atoms with Gasteiger partial charge in [0.05, 0.1) is 0 Å². The predicted octanol–water partition coefficient (Wildman–Crippen LogP) is 3.71. The lowest BCUT2D eigenvalue weighted by Gasteiger charge is -2.17. The van der Waals surface area contributed by atoms with Crippen molar-refractivity contribution in [3.8, 4) is 0 Å². The summed E-state index contributed by atoms with van der Waals surface area (Å²) in [5, 5.41) is 7.38. The minimum Gasteiger partial charge on any atom is -0.374 e. The van der Waals surface area contributed by atoms with E-state index in [1.165, 1.54) is 0 Å². The first-order valence-corrected chi connectivity index (χ1v) is 8.67. The number of benzene rings is 1. The van der Waals surface area contributed by atoms with Crippen LogP contribution in [0.5, 0.6) is 0 Å². The molecule has 1 aliphatic rings. The van der Waals surface area contributed by atoms with E-state index in [0.29, 0.717) is 12.3 Å². The molecule has 0 saturated carbocycles. The number of aryl methyl sites for hydroxylation is 1. The third-order valence-corrected chi connectivity index (χ3v) is 4.24. The molecule has 0 unspecified atom stereocenters. The SMILES string of the molecule is CCCCc1noc([C@H](C)Nc2ccc(N3CCCC3=O)cc2)n1. The van der Waals surface area contributed by atoms with Gasteiger partial charge in [-0.3, -0.25) is 4.79 Å². The van der Waals surface area contributed by atoms with E-state index in [-0.39, 0.29) is 11.9 Å². The molecular weight excluding hydrogens is 304 g/mol. The van der Waals surface area contributed by atoms with Gasteiger partial charge in [-0.2, -0.15) is 4.98 Å². The molecule has 1 aromatic carbocycles. The Morgan fingerprint density at radius 3 is 2.79 bits per heavy atom. The number of nitrogens with one attached hydrogen (secondary N) is 1. The lowest BCUT2D eigenvalue weighted by molar-refractivity contribution is -0.117. The summed E-state index contributed by atoms with van der Waals surface area (Å²) in [6.45, 7) is 4.95. The van der Waals surface area contributed by atoms with Gasteiger partial charge in [0.15, 0.2) is 5.82 Å². The van der Waals surface area contributed by atoms with E-state index in [9.17, 15) is 4.79 Å². The molecule has 1 aliphatic heterocycles. The van der Waals surface area contributed by atoms with Crippen LogP contribution in [0.25, 0.3) is 0 Å². The fourth-order valence-electron chi connectivity index (χ4n) is 2.85. The maximum absolute atomic E-state index is 11.8. The molecule has 128 valence electrons. The van der Waals surface area contributed by atoms with Crippen LogP contribution in [-0.2, 0) is 11.2 Å². The lowest BCUT2D eigenvalue weighted by Crippen LogP contribution is -2.23. The molecule has 6 nitrogen and oxygen atoms in total. The van der Waals surface area contributed by atoms with Gasteiger partial charge in [0.2, 0.25) is 11.8 Å². The lowest BCUT2D eigenvalue weighted by atomic mass is 10.2. The number of carbonyl (C=O) groups is 1. The molecule has 0 spiro atoms. The minimum absolute atomic E-state index is 0.0628. The summed E-state index contributed by atoms with van der Waals surface area (Å²) in [4.78, 5) is 18.1. The van der Waals surface area contributed by atoms with E-state index < -0.39 is 0 Å². The van der Waals surface area contributed by atoms with Crippen LogP contribution >= 0.6 is 0 Å². The molecule has 1 N–H and O–H groups in total. The Kier molecular flexibility index (Phi) is 5.13. The number of hydrogen-bond donors (Lipinski definition) is 1. The molecule has 1 fully saturated rings. The highest BCUT2D eigenvalue weighted by molar-refractivity contribution is 5.95. The summed E-state index contributed by atoms with van der Waals surface area (Å²) in [5.74, 6) is 1.57. The van der Waals surface area contributed by atoms with Crippen molar-refractivity contribution in [1.82, 2.24) is 10.1 Å². The van der Waals surface area contributed by atoms with E-state index in [2.05, 4.69) is 22.4 Å². The fourth-order valence-corrected chi connectivity index (χ4v) is 2.85. The van der Waals surface area contributed by atoms with Crippen molar-refractivity contribution in [2.45, 2.75) is 52.0 Å². The van der Waals surface area contributed by atoms with Gasteiger partial charge in [-0.05, 0) is 44.0 Å². The second kappa shape index (κ2) is 7.47. The number of rotatable bonds is 7. The van der Waals surface area contributed by atoms with Crippen LogP contribution in [0.4, 0.5) is 11.4 Å². The summed E-state index contributed by atoms with van der Waals surface area (Å²) < 4.78 is 5.34. The van der Waals surface area contributed by atoms with Crippen molar-refractivity contribution in [3.05, 3.63) is 36.0 Å². The Balaban J connectivity index is 1.60. The number of nitrogens with zero attached hydrogens (tertiary/aromatic N) is 3. The minimum atomic E-state index is -0.0628. The van der Waals surface area contributed by atoms with Crippen molar-refractivity contribution in [2.75, 3.05) is 16.8 Å². The summed E-state index contributed by atoms with van der Waals surface area (Å²) in [6, 6.07) is 7.84. The maximum atomic E-state index is 11.8. The van der Waals surface area contributed by atoms with Crippen LogP contribution < -0.4 is 10.2 Å². The third-order valence-electron chi connectivity index (χ3n) is 4.24. The number of anilines is 2. The first-order chi connectivity index (χ1) is 11.7. The second-order valence-corrected chi connectivity index (χ2v) is 6.21. The van der Waals surface area contributed by atoms with Crippen LogP contribution in [0.1, 0.15) is 57.3 Å². The van der Waals surface area contributed by atoms with Crippen LogP contribution in [0, 0.1) is 0 Å². The molecule has 0 bridgehead atoms. The first kappa shape index (κ1) is 16.5. The number of aromatic nitrogens is 2. The number of carbonyl (C=O) groups excluding carboxylic acids is 1. The Hall–Kier alpha value is -2.37. The zero-order valence-electron chi connectivity index (χ0n) is 14.3. The topological polar surface area (TPSA) is 71.3 Å². The molecule has 6 heteroatoms. The fraction of sp³-hybridized carbons (Fsp3) is 0.500. The highest BCUT2D eigenvalue weighted by Crippen LogP contribution is 2.25. The van der Waals surface area contributed by atoms with Gasteiger partial charge in [0.25, 0.3) is 0 Å². The van der Waals surface area contributed by atoms with Gasteiger partial charge in [-0.25, -0.2) is 0 Å². The normalized spacial score (nSPS) is 15.8. The number of amides is 1. The Bertz CT molecular complexity index is 681. The zero-order valence-corrected chi connectivity index (χ0v) is 14.3. The monoisotopic (exact) mass is 328 g/mol. The number of unbranched alkanes of at least 4 members (excludes halogenated alkanes) is 1. The van der Waals surface area contributed by atoms with Gasteiger partial charge < -0.3 is 14.7 Å². The van der Waals surface area contributed by atoms with Gasteiger partial charge in [-0.1, -0.05) is 18.5 Å². The van der Waals surface area contributed by atoms with Crippen molar-refractivity contribution >= 4 is 17.3 Å². The Morgan fingerprint density at radius 2 is 2.12 bits per heavy atom. The third kappa shape index (κ3) is 3.75. The highest BCUT2D eigenvalue weighted by atomic mass is 16.5. The van der Waals surface area contributed by atoms with Gasteiger partial charge in [0, 0.05) is 30.8 Å². The second-order valence-electron chi connectivity index (χ2n) is 6.21. The van der Waals surface area contributed by atoms with Crippen LogP contribution in [0.2, 0.25) is 0 Å². The number of hydrogen-bond acceptors (Lipinski definition) is 5. The zero-order chi connectivity index (χ0) is 16.9. The first-order valence-electron chi connectivity index (χ1n) is 8.67. The van der Waals surface area contributed by atoms with Crippen LogP contribution in [-0.4, -0.2) is 22.6 Å². The molecular formula is C18H24N4O2. The molecule has 1 saturated heterocycles. The molecule has 1 amide bonds. The van der Waals surface area contributed by atoms with Crippen molar-refractivity contribution in [2.24, 2.45) is 0 Å². The van der Waals surface area contributed by atoms with E-state index in [1.807, 2.05) is 36.1 Å². The van der Waals surface area contributed by atoms with Crippen molar-refractivity contribution in [3.63, 3.8) is 0 Å². The van der Waals surface area contributed by atoms with E-state index >= 15 is 0 Å². The van der Waals surface area contributed by atoms with Crippen LogP contribution in [0.3, 0.4) is 0 Å². The summed E-state index contributed by atoms with van der Waals surface area (Å²) in [7, 11) is 0. The van der Waals surface area contributed by atoms with Gasteiger partial charge >= 0.3 is 0 Å². The predicted molar refractivity (Wildman–Crippen MR) is 93.0 cm³/mol. The molecule has 24 heavy (non-hydrogen) atoms. The largest absolute Gasteiger partial charge is 0.374 e. The summed E-state index contributed by atoms with van der Waals surface area (Å²) in [5.41, 5.74) is 1.92. The molecule has 0 aliphatic carbocycles. The maximum Gasteiger partial charge on any atom is 0.248 e. The summed E-state index contributed by atoms with van der Waals surface area (Å²) in [6.07, 6.45) is 4.62.